The first-order chi connectivity index (χ1) is 7.74. The van der Waals surface area contributed by atoms with Gasteiger partial charge in [0, 0.05) is 0 Å². The first-order valence-corrected chi connectivity index (χ1v) is 5.47. The Kier molecular flexibility index (Phi) is 2.95. The van der Waals surface area contributed by atoms with Crippen LogP contribution in [-0.2, 0) is 4.74 Å². The van der Waals surface area contributed by atoms with Crippen molar-refractivity contribution in [3.05, 3.63) is 35.9 Å². The lowest BCUT2D eigenvalue weighted by atomic mass is 10.0. The van der Waals surface area contributed by atoms with Gasteiger partial charge in [-0.25, -0.2) is 4.79 Å². The van der Waals surface area contributed by atoms with E-state index in [0.717, 1.165) is 11.3 Å². The monoisotopic (exact) mass is 217 g/mol. The van der Waals surface area contributed by atoms with E-state index in [1.165, 1.54) is 0 Å². The molecule has 0 fully saturated rings. The molecule has 16 heavy (non-hydrogen) atoms. The molecule has 0 saturated carbocycles. The van der Waals surface area contributed by atoms with E-state index in [-0.39, 0.29) is 12.1 Å². The summed E-state index contributed by atoms with van der Waals surface area (Å²) >= 11 is 0. The predicted octanol–water partition coefficient (Wildman–Crippen LogP) is 3.06. The third kappa shape index (κ3) is 1.81. The normalized spacial score (nSPS) is 18.1. The van der Waals surface area contributed by atoms with Crippen molar-refractivity contribution in [2.24, 2.45) is 0 Å². The first-order valence-electron chi connectivity index (χ1n) is 5.47. The lowest BCUT2D eigenvalue weighted by molar-refractivity contribution is 0.158. The number of nitrogens with zero attached hydrogens (tertiary/aromatic N) is 1. The number of rotatable bonds is 1. The zero-order chi connectivity index (χ0) is 11.5. The van der Waals surface area contributed by atoms with Crippen LogP contribution in [0.4, 0.5) is 10.5 Å². The van der Waals surface area contributed by atoms with Crippen LogP contribution in [0.1, 0.15) is 19.4 Å². The quantitative estimate of drug-likeness (QED) is 0.723. The van der Waals surface area contributed by atoms with Crippen molar-refractivity contribution in [3.8, 4) is 0 Å². The molecule has 0 N–H and O–H groups in total. The van der Waals surface area contributed by atoms with Gasteiger partial charge < -0.3 is 4.74 Å². The van der Waals surface area contributed by atoms with Crippen LogP contribution in [0.15, 0.2) is 30.3 Å². The maximum Gasteiger partial charge on any atom is 0.414 e. The van der Waals surface area contributed by atoms with Crippen LogP contribution in [0.3, 0.4) is 0 Å². The summed E-state index contributed by atoms with van der Waals surface area (Å²) in [6.07, 6.45) is 3.75. The van der Waals surface area contributed by atoms with E-state index in [0.29, 0.717) is 6.61 Å². The number of benzene rings is 1. The molecule has 0 spiro atoms. The fourth-order valence-electron chi connectivity index (χ4n) is 1.85. The average Bonchev–Trinajstić information content (AvgIpc) is 2.29. The van der Waals surface area contributed by atoms with Gasteiger partial charge in [-0.2, -0.15) is 0 Å². The summed E-state index contributed by atoms with van der Waals surface area (Å²) in [4.78, 5) is 13.5. The number of ether oxygens (including phenoxy) is 1. The second-order valence-electron chi connectivity index (χ2n) is 3.73. The van der Waals surface area contributed by atoms with Gasteiger partial charge in [-0.1, -0.05) is 30.4 Å². The van der Waals surface area contributed by atoms with Gasteiger partial charge in [0.2, 0.25) is 0 Å². The molecule has 0 saturated heterocycles. The molecular weight excluding hydrogens is 202 g/mol. The number of amides is 1. The highest BCUT2D eigenvalue weighted by Crippen LogP contribution is 2.29. The third-order valence-corrected chi connectivity index (χ3v) is 2.62. The molecule has 0 radical (unpaired) electrons. The molecule has 84 valence electrons. The van der Waals surface area contributed by atoms with Gasteiger partial charge in [0.1, 0.15) is 0 Å². The molecule has 3 heteroatoms. The van der Waals surface area contributed by atoms with E-state index in [2.05, 4.69) is 0 Å². The summed E-state index contributed by atoms with van der Waals surface area (Å²) < 4.78 is 5.06. The number of carbonyl (C=O) groups excluding carboxylic acids is 1. The maximum atomic E-state index is 11.8. The molecule has 1 aliphatic heterocycles. The van der Waals surface area contributed by atoms with Crippen LogP contribution in [-0.4, -0.2) is 18.7 Å². The van der Waals surface area contributed by atoms with Crippen molar-refractivity contribution in [1.29, 1.82) is 0 Å². The zero-order valence-corrected chi connectivity index (χ0v) is 9.51. The van der Waals surface area contributed by atoms with E-state index >= 15 is 0 Å². The number of carbonyl (C=O) groups is 1. The Morgan fingerprint density at radius 3 is 2.94 bits per heavy atom. The number of hydrogen-bond donors (Lipinski definition) is 0. The molecule has 1 amide bonds. The smallest absolute Gasteiger partial charge is 0.414 e. The molecule has 1 atom stereocenters. The lowest BCUT2D eigenvalue weighted by Crippen LogP contribution is -2.39. The van der Waals surface area contributed by atoms with Crippen LogP contribution in [0, 0.1) is 0 Å². The second kappa shape index (κ2) is 4.39. The van der Waals surface area contributed by atoms with Gasteiger partial charge in [0.05, 0.1) is 18.3 Å². The van der Waals surface area contributed by atoms with Crippen molar-refractivity contribution in [2.75, 3.05) is 11.5 Å². The van der Waals surface area contributed by atoms with Crippen LogP contribution in [0.5, 0.6) is 0 Å². The summed E-state index contributed by atoms with van der Waals surface area (Å²) in [7, 11) is 0. The van der Waals surface area contributed by atoms with E-state index in [4.69, 9.17) is 4.74 Å². The number of fused-ring (bicyclic) bond motifs is 1. The molecule has 0 aromatic heterocycles. The topological polar surface area (TPSA) is 29.5 Å². The van der Waals surface area contributed by atoms with Crippen LogP contribution in [0.25, 0.3) is 6.08 Å². The van der Waals surface area contributed by atoms with Crippen LogP contribution in [0.2, 0.25) is 0 Å². The number of para-hydroxylation sites is 1. The molecule has 1 aromatic carbocycles. The summed E-state index contributed by atoms with van der Waals surface area (Å²) in [6, 6.07) is 7.85. The summed E-state index contributed by atoms with van der Waals surface area (Å²) in [5.41, 5.74) is 1.96. The maximum absolute atomic E-state index is 11.8. The molecule has 1 aliphatic rings. The molecule has 1 aromatic rings. The van der Waals surface area contributed by atoms with Crippen molar-refractivity contribution in [3.63, 3.8) is 0 Å². The van der Waals surface area contributed by atoms with E-state index in [1.807, 2.05) is 50.3 Å². The van der Waals surface area contributed by atoms with Gasteiger partial charge in [0.25, 0.3) is 0 Å². The van der Waals surface area contributed by atoms with Gasteiger partial charge >= 0.3 is 6.09 Å². The fraction of sp³-hybridized carbons (Fsp3) is 0.308. The molecule has 3 nitrogen and oxygen atoms in total. The fourth-order valence-corrected chi connectivity index (χ4v) is 1.85. The Morgan fingerprint density at radius 1 is 1.44 bits per heavy atom. The van der Waals surface area contributed by atoms with Crippen molar-refractivity contribution in [2.45, 2.75) is 19.9 Å². The lowest BCUT2D eigenvalue weighted by Gasteiger charge is -2.30. The average molecular weight is 217 g/mol. The van der Waals surface area contributed by atoms with Gasteiger partial charge in [-0.05, 0) is 25.5 Å². The minimum absolute atomic E-state index is 0.0361. The third-order valence-electron chi connectivity index (χ3n) is 2.62. The molecule has 1 heterocycles. The highest BCUT2D eigenvalue weighted by Gasteiger charge is 2.25. The van der Waals surface area contributed by atoms with Crippen LogP contribution < -0.4 is 4.90 Å². The Hall–Kier alpha value is -1.77. The standard InChI is InChI=1S/C13H15NO2/c1-3-16-13(15)14-10(2)8-9-11-6-4-5-7-12(11)14/h4-10H,3H2,1-2H3. The van der Waals surface area contributed by atoms with Crippen molar-refractivity contribution >= 4 is 17.9 Å². The van der Waals surface area contributed by atoms with Gasteiger partial charge in [0.15, 0.2) is 0 Å². The van der Waals surface area contributed by atoms with E-state index in [1.54, 1.807) is 4.90 Å². The Labute approximate surface area is 95.3 Å². The molecule has 2 rings (SSSR count). The largest absolute Gasteiger partial charge is 0.449 e. The zero-order valence-electron chi connectivity index (χ0n) is 9.51. The Morgan fingerprint density at radius 2 is 2.19 bits per heavy atom. The Bertz CT molecular complexity index is 426. The minimum Gasteiger partial charge on any atom is -0.449 e. The second-order valence-corrected chi connectivity index (χ2v) is 3.73. The molecule has 0 aliphatic carbocycles. The highest BCUT2D eigenvalue weighted by atomic mass is 16.6. The molecule has 0 bridgehead atoms. The van der Waals surface area contributed by atoms with E-state index in [9.17, 15) is 4.79 Å². The summed E-state index contributed by atoms with van der Waals surface area (Å²) in [5.74, 6) is 0. The molecular formula is C13H15NO2. The van der Waals surface area contributed by atoms with Gasteiger partial charge in [-0.3, -0.25) is 4.90 Å². The minimum atomic E-state index is -0.285. The highest BCUT2D eigenvalue weighted by molar-refractivity contribution is 5.93. The van der Waals surface area contributed by atoms with E-state index < -0.39 is 0 Å². The number of anilines is 1. The number of hydrogen-bond acceptors (Lipinski definition) is 2. The first kappa shape index (κ1) is 10.7. The van der Waals surface area contributed by atoms with Crippen molar-refractivity contribution < 1.29 is 9.53 Å². The van der Waals surface area contributed by atoms with Crippen LogP contribution >= 0.6 is 0 Å². The SMILES string of the molecule is CCOC(=O)N1c2ccccc2C=CC1C. The Balaban J connectivity index is 2.37. The van der Waals surface area contributed by atoms with Crippen molar-refractivity contribution in [1.82, 2.24) is 0 Å². The summed E-state index contributed by atoms with van der Waals surface area (Å²) in [5, 5.41) is 0. The molecule has 1 unspecified atom stereocenters. The summed E-state index contributed by atoms with van der Waals surface area (Å²) in [6.45, 7) is 4.19. The predicted molar refractivity (Wildman–Crippen MR) is 64.4 cm³/mol. The van der Waals surface area contributed by atoms with Gasteiger partial charge in [-0.15, -0.1) is 0 Å².